The summed E-state index contributed by atoms with van der Waals surface area (Å²) in [6, 6.07) is 0. The van der Waals surface area contributed by atoms with Crippen LogP contribution in [0.15, 0.2) is 0 Å². The van der Waals surface area contributed by atoms with Crippen molar-refractivity contribution < 1.29 is 26.4 Å². The van der Waals surface area contributed by atoms with Crippen molar-refractivity contribution in [1.82, 2.24) is 5.06 Å². The fourth-order valence-corrected chi connectivity index (χ4v) is 1.96. The first kappa shape index (κ1) is 11.4. The zero-order valence-corrected chi connectivity index (χ0v) is 8.83. The van der Waals surface area contributed by atoms with Gasteiger partial charge in [0.05, 0.1) is 7.11 Å². The second-order valence-electron chi connectivity index (χ2n) is 2.97. The van der Waals surface area contributed by atoms with Gasteiger partial charge in [-0.05, 0) is 6.92 Å². The zero-order chi connectivity index (χ0) is 11.0. The van der Waals surface area contributed by atoms with Crippen LogP contribution in [0.2, 0.25) is 0 Å². The van der Waals surface area contributed by atoms with E-state index in [1.807, 2.05) is 0 Å². The average molecular weight is 225 g/mol. The van der Waals surface area contributed by atoms with Gasteiger partial charge in [0.1, 0.15) is 6.61 Å². The number of hydrogen-bond acceptors (Lipinski definition) is 6. The second kappa shape index (κ2) is 3.46. The molecule has 0 saturated carbocycles. The highest BCUT2D eigenvalue weighted by atomic mass is 32.3. The number of nitrogens with zero attached hydrogens (tertiary/aromatic N) is 1. The van der Waals surface area contributed by atoms with Crippen molar-refractivity contribution >= 4 is 16.3 Å². The number of amides is 1. The number of carbonyl (C=O) groups is 1. The number of hydroxylamine groups is 2. The van der Waals surface area contributed by atoms with Gasteiger partial charge >= 0.3 is 10.4 Å². The van der Waals surface area contributed by atoms with E-state index in [0.29, 0.717) is 0 Å². The third kappa shape index (κ3) is 2.03. The number of likely N-dealkylation sites (N-methyl/N-ethyl adjacent to an activating group) is 1. The van der Waals surface area contributed by atoms with Gasteiger partial charge in [-0.15, -0.1) is 0 Å². The molecule has 1 atom stereocenters. The summed E-state index contributed by atoms with van der Waals surface area (Å²) in [5.74, 6) is -0.624. The third-order valence-electron chi connectivity index (χ3n) is 1.78. The van der Waals surface area contributed by atoms with E-state index < -0.39 is 21.9 Å². The van der Waals surface area contributed by atoms with E-state index in [1.54, 1.807) is 0 Å². The maximum absolute atomic E-state index is 11.5. The summed E-state index contributed by atoms with van der Waals surface area (Å²) in [6.07, 6.45) is 0. The van der Waals surface area contributed by atoms with E-state index in [9.17, 15) is 13.2 Å². The molecule has 0 bridgehead atoms. The Morgan fingerprint density at radius 1 is 1.57 bits per heavy atom. The molecular weight excluding hydrogens is 214 g/mol. The molecule has 7 nitrogen and oxygen atoms in total. The summed E-state index contributed by atoms with van der Waals surface area (Å²) < 4.78 is 30.4. The molecule has 1 saturated heterocycles. The molecule has 0 aromatic heterocycles. The fraction of sp³-hybridized carbons (Fsp3) is 0.833. The molecule has 0 N–H and O–H groups in total. The van der Waals surface area contributed by atoms with Crippen LogP contribution >= 0.6 is 0 Å². The molecule has 8 heteroatoms. The summed E-state index contributed by atoms with van der Waals surface area (Å²) in [7, 11) is -1.41. The first-order valence-electron chi connectivity index (χ1n) is 3.73. The van der Waals surface area contributed by atoms with Crippen molar-refractivity contribution in [2.24, 2.45) is 0 Å². The maximum Gasteiger partial charge on any atom is 0.401 e. The Morgan fingerprint density at radius 2 is 2.14 bits per heavy atom. The summed E-state index contributed by atoms with van der Waals surface area (Å²) in [5, 5.41) is 0.879. The van der Waals surface area contributed by atoms with Gasteiger partial charge in [0, 0.05) is 7.05 Å². The highest BCUT2D eigenvalue weighted by Gasteiger charge is 2.48. The van der Waals surface area contributed by atoms with Crippen molar-refractivity contribution in [3.8, 4) is 0 Å². The minimum absolute atomic E-state index is 0.345. The van der Waals surface area contributed by atoms with Crippen molar-refractivity contribution in [2.45, 2.75) is 12.5 Å². The lowest BCUT2D eigenvalue weighted by Crippen LogP contribution is -2.46. The summed E-state index contributed by atoms with van der Waals surface area (Å²) >= 11 is 0. The van der Waals surface area contributed by atoms with Crippen LogP contribution in [-0.4, -0.2) is 45.8 Å². The standard InChI is InChI=1S/C6H11NO6S/c1-6(5(8)7(2)11-3)4-12-14(9,10)13-6/h4H2,1-3H3/t6-/m0/s1. The Morgan fingerprint density at radius 3 is 2.50 bits per heavy atom. The van der Waals surface area contributed by atoms with E-state index in [1.165, 1.54) is 21.1 Å². The normalized spacial score (nSPS) is 30.2. The monoisotopic (exact) mass is 225 g/mol. The van der Waals surface area contributed by atoms with Gasteiger partial charge in [0.25, 0.3) is 5.91 Å². The SMILES string of the molecule is CON(C)C(=O)[C@]1(C)COS(=O)(=O)O1. The van der Waals surface area contributed by atoms with Crippen LogP contribution in [0, 0.1) is 0 Å². The minimum atomic E-state index is -4.04. The van der Waals surface area contributed by atoms with Gasteiger partial charge in [-0.25, -0.2) is 13.4 Å². The summed E-state index contributed by atoms with van der Waals surface area (Å²) in [5.41, 5.74) is -1.54. The number of rotatable bonds is 2. The van der Waals surface area contributed by atoms with Crippen LogP contribution in [0.3, 0.4) is 0 Å². The first-order chi connectivity index (χ1) is 6.31. The molecule has 0 aromatic carbocycles. The van der Waals surface area contributed by atoms with Gasteiger partial charge < -0.3 is 0 Å². The molecule has 82 valence electrons. The lowest BCUT2D eigenvalue weighted by molar-refractivity contribution is -0.183. The van der Waals surface area contributed by atoms with E-state index in [2.05, 4.69) is 13.2 Å². The van der Waals surface area contributed by atoms with Crippen LogP contribution in [0.5, 0.6) is 0 Å². The molecule has 0 aromatic rings. The quantitative estimate of drug-likeness (QED) is 0.564. The molecule has 1 amide bonds. The molecule has 1 rings (SSSR count). The number of carbonyl (C=O) groups excluding carboxylic acids is 1. The Balaban J connectivity index is 2.83. The Bertz CT molecular complexity index is 338. The highest BCUT2D eigenvalue weighted by molar-refractivity contribution is 7.82. The average Bonchev–Trinajstić information content (AvgIpc) is 2.39. The van der Waals surface area contributed by atoms with Crippen molar-refractivity contribution in [3.63, 3.8) is 0 Å². The molecule has 0 unspecified atom stereocenters. The van der Waals surface area contributed by atoms with Gasteiger partial charge in [0.2, 0.25) is 0 Å². The molecule has 1 aliphatic rings. The molecular formula is C6H11NO6S. The largest absolute Gasteiger partial charge is 0.401 e. The van der Waals surface area contributed by atoms with Gasteiger partial charge in [-0.3, -0.25) is 9.63 Å². The van der Waals surface area contributed by atoms with Gasteiger partial charge in [0.15, 0.2) is 5.60 Å². The van der Waals surface area contributed by atoms with Crippen LogP contribution in [0.4, 0.5) is 0 Å². The predicted octanol–water partition coefficient (Wildman–Crippen LogP) is -0.943. The summed E-state index contributed by atoms with van der Waals surface area (Å²) in [6.45, 7) is 0.970. The third-order valence-corrected chi connectivity index (χ3v) is 2.76. The smallest absolute Gasteiger partial charge is 0.274 e. The molecule has 0 radical (unpaired) electrons. The predicted molar refractivity (Wildman–Crippen MR) is 44.1 cm³/mol. The van der Waals surface area contributed by atoms with Crippen molar-refractivity contribution in [1.29, 1.82) is 0 Å². The Labute approximate surface area is 81.8 Å². The molecule has 14 heavy (non-hydrogen) atoms. The van der Waals surface area contributed by atoms with Gasteiger partial charge in [-0.1, -0.05) is 0 Å². The van der Waals surface area contributed by atoms with Gasteiger partial charge in [-0.2, -0.15) is 8.42 Å². The van der Waals surface area contributed by atoms with Crippen LogP contribution in [0.1, 0.15) is 6.92 Å². The van der Waals surface area contributed by atoms with Crippen LogP contribution < -0.4 is 0 Å². The molecule has 1 fully saturated rings. The first-order valence-corrected chi connectivity index (χ1v) is 5.06. The van der Waals surface area contributed by atoms with Crippen molar-refractivity contribution in [2.75, 3.05) is 20.8 Å². The highest BCUT2D eigenvalue weighted by Crippen LogP contribution is 2.25. The lowest BCUT2D eigenvalue weighted by Gasteiger charge is -2.23. The summed E-state index contributed by atoms with van der Waals surface area (Å²) in [4.78, 5) is 16.1. The van der Waals surface area contributed by atoms with Crippen LogP contribution in [0.25, 0.3) is 0 Å². The van der Waals surface area contributed by atoms with Crippen LogP contribution in [-0.2, 0) is 28.4 Å². The molecule has 1 heterocycles. The van der Waals surface area contributed by atoms with E-state index in [-0.39, 0.29) is 6.61 Å². The lowest BCUT2D eigenvalue weighted by atomic mass is 10.1. The Kier molecular flexibility index (Phi) is 2.81. The molecule has 0 spiro atoms. The molecule has 0 aliphatic carbocycles. The topological polar surface area (TPSA) is 82.1 Å². The molecule has 1 aliphatic heterocycles. The minimum Gasteiger partial charge on any atom is -0.274 e. The van der Waals surface area contributed by atoms with E-state index in [0.717, 1.165) is 5.06 Å². The maximum atomic E-state index is 11.5. The second-order valence-corrected chi connectivity index (χ2v) is 4.19. The van der Waals surface area contributed by atoms with E-state index >= 15 is 0 Å². The Hall–Kier alpha value is -0.700. The fourth-order valence-electron chi connectivity index (χ4n) is 0.971. The van der Waals surface area contributed by atoms with Crippen molar-refractivity contribution in [3.05, 3.63) is 0 Å². The van der Waals surface area contributed by atoms with E-state index in [4.69, 9.17) is 0 Å². The number of hydrogen-bond donors (Lipinski definition) is 0. The zero-order valence-electron chi connectivity index (χ0n) is 8.01.